The summed E-state index contributed by atoms with van der Waals surface area (Å²) in [5, 5.41) is 0.575. The summed E-state index contributed by atoms with van der Waals surface area (Å²) in [6, 6.07) is 0. The number of nitrogens with zero attached hydrogens (tertiary/aromatic N) is 2. The van der Waals surface area contributed by atoms with E-state index in [1.165, 1.54) is 14.0 Å². The Morgan fingerprint density at radius 3 is 2.41 bits per heavy atom. The van der Waals surface area contributed by atoms with Crippen LogP contribution < -0.4 is 5.43 Å². The zero-order valence-electron chi connectivity index (χ0n) is 9.34. The number of hydrogen-bond acceptors (Lipinski definition) is 3. The fraction of sp³-hybridized carbons (Fsp3) is 0.400. The van der Waals surface area contributed by atoms with E-state index in [2.05, 4.69) is 4.98 Å². The van der Waals surface area contributed by atoms with Crippen molar-refractivity contribution in [1.82, 2.24) is 9.55 Å². The van der Waals surface area contributed by atoms with Gasteiger partial charge in [-0.2, -0.15) is 13.2 Å². The van der Waals surface area contributed by atoms with Gasteiger partial charge in [-0.3, -0.25) is 4.79 Å². The van der Waals surface area contributed by atoms with Gasteiger partial charge >= 0.3 is 6.18 Å². The highest BCUT2D eigenvalue weighted by atomic mass is 32.1. The number of halogens is 3. The van der Waals surface area contributed by atoms with Crippen molar-refractivity contribution in [3.8, 4) is 0 Å². The molecule has 3 nitrogen and oxygen atoms in total. The zero-order chi connectivity index (χ0) is 13.0. The number of alkyl halides is 3. The Morgan fingerprint density at radius 1 is 1.29 bits per heavy atom. The van der Waals surface area contributed by atoms with Gasteiger partial charge in [-0.05, 0) is 13.8 Å². The molecular weight excluding hydrogens is 253 g/mol. The Hall–Kier alpha value is -1.37. The summed E-state index contributed by atoms with van der Waals surface area (Å²) < 4.78 is 39.7. The first-order valence-corrected chi connectivity index (χ1v) is 5.59. The molecule has 2 heterocycles. The SMILES string of the molecule is Cc1nc2c(s1)c(=O)c(C)c(C(F)(F)F)n2C. The van der Waals surface area contributed by atoms with Gasteiger partial charge in [0.15, 0.2) is 5.65 Å². The van der Waals surface area contributed by atoms with Crippen LogP contribution in [0.5, 0.6) is 0 Å². The number of pyridine rings is 1. The summed E-state index contributed by atoms with van der Waals surface area (Å²) in [7, 11) is 1.27. The monoisotopic (exact) mass is 262 g/mol. The summed E-state index contributed by atoms with van der Waals surface area (Å²) in [6.45, 7) is 2.85. The van der Waals surface area contributed by atoms with Crippen molar-refractivity contribution < 1.29 is 13.2 Å². The number of rotatable bonds is 0. The van der Waals surface area contributed by atoms with Crippen LogP contribution in [0.25, 0.3) is 10.3 Å². The average molecular weight is 262 g/mol. The van der Waals surface area contributed by atoms with Gasteiger partial charge in [0.1, 0.15) is 10.4 Å². The van der Waals surface area contributed by atoms with Gasteiger partial charge in [0.2, 0.25) is 5.43 Å². The maximum absolute atomic E-state index is 12.8. The Kier molecular flexibility index (Phi) is 2.53. The second-order valence-electron chi connectivity index (χ2n) is 3.75. The van der Waals surface area contributed by atoms with E-state index >= 15 is 0 Å². The molecule has 7 heteroatoms. The molecule has 0 unspecified atom stereocenters. The zero-order valence-corrected chi connectivity index (χ0v) is 10.2. The molecule has 0 fully saturated rings. The van der Waals surface area contributed by atoms with Gasteiger partial charge in [0.05, 0.1) is 5.01 Å². The highest BCUT2D eigenvalue weighted by Crippen LogP contribution is 2.32. The van der Waals surface area contributed by atoms with Gasteiger partial charge in [-0.15, -0.1) is 11.3 Å². The second-order valence-corrected chi connectivity index (χ2v) is 4.95. The first-order chi connectivity index (χ1) is 7.73. The van der Waals surface area contributed by atoms with E-state index in [9.17, 15) is 18.0 Å². The van der Waals surface area contributed by atoms with Crippen molar-refractivity contribution >= 4 is 21.7 Å². The van der Waals surface area contributed by atoms with Gasteiger partial charge in [0, 0.05) is 12.6 Å². The largest absolute Gasteiger partial charge is 0.431 e. The van der Waals surface area contributed by atoms with E-state index in [1.54, 1.807) is 6.92 Å². The maximum Gasteiger partial charge on any atom is 0.431 e. The fourth-order valence-electron chi connectivity index (χ4n) is 1.83. The van der Waals surface area contributed by atoms with Crippen LogP contribution in [0.2, 0.25) is 0 Å². The Balaban J connectivity index is 3.01. The van der Waals surface area contributed by atoms with Crippen molar-refractivity contribution in [3.05, 3.63) is 26.5 Å². The molecule has 2 rings (SSSR count). The molecule has 0 bridgehead atoms. The molecule has 2 aromatic heterocycles. The molecule has 0 aliphatic heterocycles. The predicted molar refractivity (Wildman–Crippen MR) is 59.3 cm³/mol. The molecule has 0 saturated carbocycles. The van der Waals surface area contributed by atoms with Gasteiger partial charge in [-0.1, -0.05) is 0 Å². The van der Waals surface area contributed by atoms with E-state index in [0.29, 0.717) is 5.01 Å². The molecule has 0 saturated heterocycles. The lowest BCUT2D eigenvalue weighted by atomic mass is 10.2. The lowest BCUT2D eigenvalue weighted by Crippen LogP contribution is -2.23. The van der Waals surface area contributed by atoms with E-state index in [4.69, 9.17) is 0 Å². The fourth-order valence-corrected chi connectivity index (χ4v) is 2.78. The summed E-state index contributed by atoms with van der Waals surface area (Å²) in [4.78, 5) is 15.8. The molecule has 0 aromatic carbocycles. The number of aryl methyl sites for hydroxylation is 2. The molecule has 0 radical (unpaired) electrons. The summed E-state index contributed by atoms with van der Waals surface area (Å²) in [6.07, 6.45) is -4.55. The molecular formula is C10H9F3N2OS. The average Bonchev–Trinajstić information content (AvgIpc) is 2.55. The third-order valence-corrected chi connectivity index (χ3v) is 3.50. The molecule has 92 valence electrons. The van der Waals surface area contributed by atoms with Gasteiger partial charge in [-0.25, -0.2) is 4.98 Å². The predicted octanol–water partition coefficient (Wildman–Crippen LogP) is 2.63. The standard InChI is InChI=1S/C10H9F3N2OS/c1-4-6(16)7-9(14-5(2)17-7)15(3)8(4)10(11,12)13/h1-3H3. The van der Waals surface area contributed by atoms with E-state index in [-0.39, 0.29) is 15.9 Å². The Bertz CT molecular complexity index is 654. The van der Waals surface area contributed by atoms with E-state index in [1.807, 2.05) is 0 Å². The van der Waals surface area contributed by atoms with Crippen LogP contribution in [0.3, 0.4) is 0 Å². The number of hydrogen-bond donors (Lipinski definition) is 0. The summed E-state index contributed by atoms with van der Waals surface area (Å²) in [5.41, 5.74) is -1.71. The first kappa shape index (κ1) is 12.1. The van der Waals surface area contributed by atoms with Gasteiger partial charge in [0.25, 0.3) is 0 Å². The number of thiazole rings is 1. The molecule has 2 aromatic rings. The molecule has 0 atom stereocenters. The highest BCUT2D eigenvalue weighted by Gasteiger charge is 2.37. The number of fused-ring (bicyclic) bond motifs is 1. The second kappa shape index (κ2) is 3.56. The van der Waals surface area contributed by atoms with Crippen LogP contribution in [-0.2, 0) is 13.2 Å². The van der Waals surface area contributed by atoms with Gasteiger partial charge < -0.3 is 4.57 Å². The third-order valence-electron chi connectivity index (χ3n) is 2.54. The van der Waals surface area contributed by atoms with Crippen LogP contribution in [0.1, 0.15) is 16.3 Å². The minimum absolute atomic E-state index is 0.0930. The number of aromatic nitrogens is 2. The minimum atomic E-state index is -4.55. The topological polar surface area (TPSA) is 34.9 Å². The van der Waals surface area contributed by atoms with E-state index in [0.717, 1.165) is 15.9 Å². The van der Waals surface area contributed by atoms with Crippen molar-refractivity contribution in [2.75, 3.05) is 0 Å². The Morgan fingerprint density at radius 2 is 1.88 bits per heavy atom. The smallest absolute Gasteiger partial charge is 0.324 e. The Labute approximate surface area is 98.5 Å². The lowest BCUT2D eigenvalue weighted by molar-refractivity contribution is -0.143. The lowest BCUT2D eigenvalue weighted by Gasteiger charge is -2.14. The van der Waals surface area contributed by atoms with Crippen molar-refractivity contribution in [2.45, 2.75) is 20.0 Å². The van der Waals surface area contributed by atoms with Crippen LogP contribution >= 0.6 is 11.3 Å². The van der Waals surface area contributed by atoms with Crippen LogP contribution in [-0.4, -0.2) is 9.55 Å². The van der Waals surface area contributed by atoms with Crippen molar-refractivity contribution in [2.24, 2.45) is 7.05 Å². The van der Waals surface area contributed by atoms with Crippen molar-refractivity contribution in [1.29, 1.82) is 0 Å². The maximum atomic E-state index is 12.8. The quantitative estimate of drug-likeness (QED) is 0.731. The minimum Gasteiger partial charge on any atom is -0.324 e. The normalized spacial score (nSPS) is 12.4. The molecule has 17 heavy (non-hydrogen) atoms. The van der Waals surface area contributed by atoms with Crippen LogP contribution in [0.15, 0.2) is 4.79 Å². The van der Waals surface area contributed by atoms with E-state index < -0.39 is 17.3 Å². The third kappa shape index (κ3) is 1.74. The molecule has 0 amide bonds. The first-order valence-electron chi connectivity index (χ1n) is 4.77. The summed E-state index contributed by atoms with van der Waals surface area (Å²) >= 11 is 1.11. The highest BCUT2D eigenvalue weighted by molar-refractivity contribution is 7.18. The van der Waals surface area contributed by atoms with Crippen LogP contribution in [0.4, 0.5) is 13.2 Å². The molecule has 0 aliphatic rings. The molecule has 0 aliphatic carbocycles. The van der Waals surface area contributed by atoms with Crippen molar-refractivity contribution in [3.63, 3.8) is 0 Å². The molecule has 0 N–H and O–H groups in total. The molecule has 0 spiro atoms. The van der Waals surface area contributed by atoms with Crippen LogP contribution in [0, 0.1) is 13.8 Å². The summed E-state index contributed by atoms with van der Waals surface area (Å²) in [5.74, 6) is 0.